The van der Waals surface area contributed by atoms with Crippen LogP contribution < -0.4 is 9.47 Å². The van der Waals surface area contributed by atoms with E-state index in [0.29, 0.717) is 5.56 Å². The Balaban J connectivity index is 2.42. The smallest absolute Gasteiger partial charge is 0.395 e. The average molecular weight is 197 g/mol. The number of ether oxygens (including phenoxy) is 2. The fourth-order valence-corrected chi connectivity index (χ4v) is 1.25. The number of hydrogen-bond acceptors (Lipinski definition) is 3. The van der Waals surface area contributed by atoms with E-state index in [-0.39, 0.29) is 17.9 Å². The van der Waals surface area contributed by atoms with E-state index >= 15 is 0 Å². The fourth-order valence-electron chi connectivity index (χ4n) is 1.25. The number of alkyl halides is 2. The van der Waals surface area contributed by atoms with Crippen molar-refractivity contribution in [2.75, 3.05) is 0 Å². The minimum atomic E-state index is -3.62. The highest BCUT2D eigenvalue weighted by Gasteiger charge is 2.44. The van der Waals surface area contributed by atoms with Gasteiger partial charge in [0.05, 0.1) is 12.5 Å². The zero-order valence-electron chi connectivity index (χ0n) is 6.96. The van der Waals surface area contributed by atoms with Crippen LogP contribution in [0.2, 0.25) is 0 Å². The molecule has 3 nitrogen and oxygen atoms in total. The molecule has 0 bridgehead atoms. The van der Waals surface area contributed by atoms with Crippen molar-refractivity contribution in [2.45, 2.75) is 12.7 Å². The van der Waals surface area contributed by atoms with Gasteiger partial charge in [-0.3, -0.25) is 0 Å². The molecule has 0 atom stereocenters. The Morgan fingerprint density at radius 3 is 2.86 bits per heavy atom. The summed E-state index contributed by atoms with van der Waals surface area (Å²) in [7, 11) is 0. The third-order valence-corrected chi connectivity index (χ3v) is 1.78. The predicted octanol–water partition coefficient (Wildman–Crippen LogP) is 2.07. The van der Waals surface area contributed by atoms with E-state index in [1.807, 2.05) is 6.07 Å². The van der Waals surface area contributed by atoms with Crippen molar-refractivity contribution in [1.29, 1.82) is 5.26 Å². The first-order valence-electron chi connectivity index (χ1n) is 3.87. The molecule has 5 heteroatoms. The van der Waals surface area contributed by atoms with Crippen LogP contribution in [0.5, 0.6) is 11.5 Å². The van der Waals surface area contributed by atoms with Gasteiger partial charge in [-0.05, 0) is 6.07 Å². The molecule has 0 radical (unpaired) electrons. The van der Waals surface area contributed by atoms with Gasteiger partial charge >= 0.3 is 6.29 Å². The average Bonchev–Trinajstić information content (AvgIpc) is 2.41. The predicted molar refractivity (Wildman–Crippen MR) is 42.0 cm³/mol. The summed E-state index contributed by atoms with van der Waals surface area (Å²) < 4.78 is 33.7. The lowest BCUT2D eigenvalue weighted by Gasteiger charge is -2.05. The largest absolute Gasteiger partial charge is 0.586 e. The van der Waals surface area contributed by atoms with Gasteiger partial charge in [-0.1, -0.05) is 12.1 Å². The quantitative estimate of drug-likeness (QED) is 0.692. The molecule has 0 fully saturated rings. The van der Waals surface area contributed by atoms with Crippen LogP contribution in [0.15, 0.2) is 18.2 Å². The van der Waals surface area contributed by atoms with Crippen molar-refractivity contribution in [2.24, 2.45) is 0 Å². The lowest BCUT2D eigenvalue weighted by atomic mass is 10.1. The highest BCUT2D eigenvalue weighted by atomic mass is 19.3. The van der Waals surface area contributed by atoms with Crippen LogP contribution in [0.3, 0.4) is 0 Å². The SMILES string of the molecule is N#CCc1cccc2c1OC(F)(F)O2. The third kappa shape index (κ3) is 1.35. The van der Waals surface area contributed by atoms with Crippen molar-refractivity contribution >= 4 is 0 Å². The molecule has 0 saturated carbocycles. The van der Waals surface area contributed by atoms with Crippen LogP contribution in [-0.2, 0) is 6.42 Å². The second-order valence-corrected chi connectivity index (χ2v) is 2.75. The molecule has 14 heavy (non-hydrogen) atoms. The Kier molecular flexibility index (Phi) is 1.78. The highest BCUT2D eigenvalue weighted by Crippen LogP contribution is 2.43. The van der Waals surface area contributed by atoms with Crippen LogP contribution in [-0.4, -0.2) is 6.29 Å². The molecule has 72 valence electrons. The maximum atomic E-state index is 12.6. The molecule has 0 amide bonds. The Morgan fingerprint density at radius 1 is 1.36 bits per heavy atom. The van der Waals surface area contributed by atoms with E-state index < -0.39 is 6.29 Å². The monoisotopic (exact) mass is 197 g/mol. The molecule has 2 rings (SSSR count). The molecular formula is C9H5F2NO2. The molecule has 0 aliphatic carbocycles. The van der Waals surface area contributed by atoms with Gasteiger partial charge in [0.1, 0.15) is 0 Å². The lowest BCUT2D eigenvalue weighted by Crippen LogP contribution is -2.26. The Labute approximate surface area is 78.5 Å². The van der Waals surface area contributed by atoms with Crippen LogP contribution in [0.1, 0.15) is 5.56 Å². The molecule has 1 aromatic rings. The Morgan fingerprint density at radius 2 is 2.14 bits per heavy atom. The second-order valence-electron chi connectivity index (χ2n) is 2.75. The van der Waals surface area contributed by atoms with Gasteiger partial charge in [0.2, 0.25) is 0 Å². The minimum Gasteiger partial charge on any atom is -0.395 e. The molecular weight excluding hydrogens is 192 g/mol. The van der Waals surface area contributed by atoms with Crippen LogP contribution in [0.4, 0.5) is 8.78 Å². The summed E-state index contributed by atoms with van der Waals surface area (Å²) in [6.07, 6.45) is -3.60. The number of nitriles is 1. The summed E-state index contributed by atoms with van der Waals surface area (Å²) in [6, 6.07) is 6.32. The maximum Gasteiger partial charge on any atom is 0.586 e. The summed E-state index contributed by atoms with van der Waals surface area (Å²) in [5.74, 6) is -0.0678. The van der Waals surface area contributed by atoms with Gasteiger partial charge in [0, 0.05) is 5.56 Å². The Hall–Kier alpha value is -1.83. The number of halogens is 2. The number of nitrogens with zero attached hydrogens (tertiary/aromatic N) is 1. The zero-order valence-corrected chi connectivity index (χ0v) is 6.96. The first kappa shape index (κ1) is 8.75. The van der Waals surface area contributed by atoms with Gasteiger partial charge < -0.3 is 9.47 Å². The Bertz CT molecular complexity index is 412. The molecule has 0 aromatic heterocycles. The van der Waals surface area contributed by atoms with E-state index in [9.17, 15) is 8.78 Å². The lowest BCUT2D eigenvalue weighted by molar-refractivity contribution is -0.286. The maximum absolute atomic E-state index is 12.6. The first-order chi connectivity index (χ1) is 6.62. The second kappa shape index (κ2) is 2.84. The molecule has 1 aliphatic rings. The summed E-state index contributed by atoms with van der Waals surface area (Å²) >= 11 is 0. The minimum absolute atomic E-state index is 0.0165. The van der Waals surface area contributed by atoms with E-state index in [4.69, 9.17) is 5.26 Å². The van der Waals surface area contributed by atoms with Gasteiger partial charge in [-0.25, -0.2) is 0 Å². The zero-order chi connectivity index (χ0) is 10.2. The molecule has 0 N–H and O–H groups in total. The number of para-hydroxylation sites is 1. The van der Waals surface area contributed by atoms with Crippen molar-refractivity contribution in [1.82, 2.24) is 0 Å². The van der Waals surface area contributed by atoms with E-state index in [0.717, 1.165) is 0 Å². The third-order valence-electron chi connectivity index (χ3n) is 1.78. The normalized spacial score (nSPS) is 16.4. The summed E-state index contributed by atoms with van der Waals surface area (Å²) in [5.41, 5.74) is 0.405. The molecule has 1 aliphatic heterocycles. The van der Waals surface area contributed by atoms with Gasteiger partial charge in [0.25, 0.3) is 0 Å². The molecule has 0 unspecified atom stereocenters. The molecule has 1 heterocycles. The number of rotatable bonds is 1. The van der Waals surface area contributed by atoms with Gasteiger partial charge in [0.15, 0.2) is 11.5 Å². The number of fused-ring (bicyclic) bond motifs is 1. The van der Waals surface area contributed by atoms with Crippen LogP contribution >= 0.6 is 0 Å². The summed E-state index contributed by atoms with van der Waals surface area (Å²) in [5, 5.41) is 8.45. The van der Waals surface area contributed by atoms with Crippen molar-refractivity contribution in [3.05, 3.63) is 23.8 Å². The van der Waals surface area contributed by atoms with E-state index in [1.165, 1.54) is 12.1 Å². The topological polar surface area (TPSA) is 42.2 Å². The molecule has 0 spiro atoms. The van der Waals surface area contributed by atoms with Crippen LogP contribution in [0, 0.1) is 11.3 Å². The van der Waals surface area contributed by atoms with Gasteiger partial charge in [-0.2, -0.15) is 5.26 Å². The summed E-state index contributed by atoms with van der Waals surface area (Å²) in [4.78, 5) is 0. The first-order valence-corrected chi connectivity index (χ1v) is 3.87. The van der Waals surface area contributed by atoms with E-state index in [2.05, 4.69) is 9.47 Å². The van der Waals surface area contributed by atoms with Gasteiger partial charge in [-0.15, -0.1) is 8.78 Å². The molecule has 0 saturated heterocycles. The number of benzene rings is 1. The number of hydrogen-bond donors (Lipinski definition) is 0. The highest BCUT2D eigenvalue weighted by molar-refractivity contribution is 5.49. The van der Waals surface area contributed by atoms with E-state index in [1.54, 1.807) is 6.07 Å². The van der Waals surface area contributed by atoms with Crippen molar-refractivity contribution < 1.29 is 18.3 Å². The summed E-state index contributed by atoms with van der Waals surface area (Å²) in [6.45, 7) is 0. The molecule has 1 aromatic carbocycles. The fraction of sp³-hybridized carbons (Fsp3) is 0.222. The van der Waals surface area contributed by atoms with Crippen LogP contribution in [0.25, 0.3) is 0 Å². The van der Waals surface area contributed by atoms with Crippen molar-refractivity contribution in [3.8, 4) is 17.6 Å². The standard InChI is InChI=1S/C9H5F2NO2/c10-9(11)13-7-3-1-2-6(4-5-12)8(7)14-9/h1-3H,4H2. The van der Waals surface area contributed by atoms with Crippen molar-refractivity contribution in [3.63, 3.8) is 0 Å².